The third-order valence-electron chi connectivity index (χ3n) is 2.34. The molecule has 2 rings (SSSR count). The number of para-hydroxylation sites is 1. The van der Waals surface area contributed by atoms with Gasteiger partial charge in [0.2, 0.25) is 0 Å². The number of hydrazine groups is 2. The van der Waals surface area contributed by atoms with Crippen molar-refractivity contribution in [1.82, 2.24) is 20.4 Å². The van der Waals surface area contributed by atoms with Crippen molar-refractivity contribution in [3.8, 4) is 5.75 Å². The summed E-state index contributed by atoms with van der Waals surface area (Å²) in [6.07, 6.45) is 0. The molecular formula is C9H15N4OPS. The monoisotopic (exact) mass is 258 g/mol. The van der Waals surface area contributed by atoms with Gasteiger partial charge in [-0.1, -0.05) is 18.2 Å². The molecule has 1 aromatic rings. The third kappa shape index (κ3) is 2.27. The smallest absolute Gasteiger partial charge is 0.279 e. The largest absolute Gasteiger partial charge is 0.439 e. The second kappa shape index (κ2) is 4.79. The van der Waals surface area contributed by atoms with Gasteiger partial charge in [-0.3, -0.25) is 0 Å². The molecule has 1 aromatic carbocycles. The molecule has 0 spiro atoms. The molecule has 1 heterocycles. The maximum Gasteiger partial charge on any atom is 0.279 e. The summed E-state index contributed by atoms with van der Waals surface area (Å²) in [6.45, 7) is -1.58. The number of rotatable bonds is 2. The highest BCUT2D eigenvalue weighted by Gasteiger charge is 2.33. The zero-order valence-electron chi connectivity index (χ0n) is 9.25. The molecule has 1 aliphatic rings. The van der Waals surface area contributed by atoms with Crippen LogP contribution in [0, 0.1) is 0 Å². The average Bonchev–Trinajstić information content (AvgIpc) is 2.28. The molecule has 1 saturated heterocycles. The highest BCUT2D eigenvalue weighted by atomic mass is 32.5. The van der Waals surface area contributed by atoms with Crippen LogP contribution >= 0.6 is 6.57 Å². The Hall–Kier alpha value is -0.490. The van der Waals surface area contributed by atoms with E-state index in [0.717, 1.165) is 5.75 Å². The molecule has 0 aromatic heterocycles. The predicted octanol–water partition coefficient (Wildman–Crippen LogP) is 1.13. The number of hydrogen-bond donors (Lipinski definition) is 2. The van der Waals surface area contributed by atoms with Crippen LogP contribution in [0.25, 0.3) is 0 Å². The maximum absolute atomic E-state index is 5.92. The molecule has 0 atom stereocenters. The molecule has 0 radical (unpaired) electrons. The summed E-state index contributed by atoms with van der Waals surface area (Å²) in [7, 11) is 3.81. The predicted molar refractivity (Wildman–Crippen MR) is 68.0 cm³/mol. The van der Waals surface area contributed by atoms with Gasteiger partial charge in [-0.2, -0.15) is 9.56 Å². The number of nitrogens with zero attached hydrogens (tertiary/aromatic N) is 2. The Morgan fingerprint density at radius 1 is 1.19 bits per heavy atom. The minimum absolute atomic E-state index is 0.656. The fraction of sp³-hybridized carbons (Fsp3) is 0.333. The minimum Gasteiger partial charge on any atom is -0.439 e. The summed E-state index contributed by atoms with van der Waals surface area (Å²) in [4.78, 5) is 0. The Labute approximate surface area is 101 Å². The van der Waals surface area contributed by atoms with Crippen LogP contribution in [0.5, 0.6) is 5.75 Å². The topological polar surface area (TPSA) is 39.8 Å². The Morgan fingerprint density at radius 2 is 1.75 bits per heavy atom. The lowest BCUT2D eigenvalue weighted by Gasteiger charge is -2.42. The van der Waals surface area contributed by atoms with Crippen LogP contribution in [0.1, 0.15) is 0 Å². The van der Waals surface area contributed by atoms with Crippen molar-refractivity contribution in [3.05, 3.63) is 30.3 Å². The molecule has 0 saturated carbocycles. The van der Waals surface area contributed by atoms with E-state index in [-0.39, 0.29) is 0 Å². The van der Waals surface area contributed by atoms with Crippen LogP contribution in [0.2, 0.25) is 0 Å². The number of nitrogens with one attached hydrogen (secondary N) is 2. The average molecular weight is 258 g/mol. The van der Waals surface area contributed by atoms with E-state index in [4.69, 9.17) is 16.3 Å². The highest BCUT2D eigenvalue weighted by Crippen LogP contribution is 2.51. The summed E-state index contributed by atoms with van der Waals surface area (Å²) in [5, 5.41) is 0. The molecule has 2 N–H and O–H groups in total. The van der Waals surface area contributed by atoms with Crippen LogP contribution in [0.15, 0.2) is 30.3 Å². The van der Waals surface area contributed by atoms with Crippen LogP contribution in [0.3, 0.4) is 0 Å². The fourth-order valence-corrected chi connectivity index (χ4v) is 3.53. The van der Waals surface area contributed by atoms with Gasteiger partial charge < -0.3 is 4.52 Å². The van der Waals surface area contributed by atoms with E-state index in [1.54, 1.807) is 0 Å². The van der Waals surface area contributed by atoms with Crippen molar-refractivity contribution in [2.45, 2.75) is 0 Å². The normalized spacial score (nSPS) is 21.9. The summed E-state index contributed by atoms with van der Waals surface area (Å²) >= 11 is 5.60. The molecular weight excluding hydrogens is 243 g/mol. The molecule has 0 amide bonds. The summed E-state index contributed by atoms with van der Waals surface area (Å²) in [5.74, 6) is 0.787. The molecule has 0 aliphatic carbocycles. The van der Waals surface area contributed by atoms with E-state index in [0.29, 0.717) is 6.67 Å². The maximum atomic E-state index is 5.92. The van der Waals surface area contributed by atoms with Gasteiger partial charge in [0.05, 0.1) is 6.67 Å². The molecule has 1 aliphatic heterocycles. The molecule has 16 heavy (non-hydrogen) atoms. The van der Waals surface area contributed by atoms with Crippen LogP contribution in [0.4, 0.5) is 0 Å². The first-order valence-electron chi connectivity index (χ1n) is 4.93. The first-order chi connectivity index (χ1) is 7.63. The van der Waals surface area contributed by atoms with Crippen molar-refractivity contribution in [3.63, 3.8) is 0 Å². The Balaban J connectivity index is 2.21. The van der Waals surface area contributed by atoms with Gasteiger partial charge in [0, 0.05) is 14.1 Å². The van der Waals surface area contributed by atoms with Crippen molar-refractivity contribution < 1.29 is 4.52 Å². The second-order valence-electron chi connectivity index (χ2n) is 3.44. The SMILES string of the molecule is CN1NCNN(C)P1(=S)Oc1ccccc1. The molecule has 88 valence electrons. The Bertz CT molecular complexity index is 388. The fourth-order valence-electron chi connectivity index (χ4n) is 1.39. The minimum atomic E-state index is -2.24. The van der Waals surface area contributed by atoms with Gasteiger partial charge in [-0.05, 0) is 23.9 Å². The molecule has 5 nitrogen and oxygen atoms in total. The van der Waals surface area contributed by atoms with E-state index < -0.39 is 6.57 Å². The first kappa shape index (κ1) is 12.0. The van der Waals surface area contributed by atoms with Gasteiger partial charge in [-0.15, -0.1) is 0 Å². The van der Waals surface area contributed by atoms with Gasteiger partial charge in [0.1, 0.15) is 5.75 Å². The molecule has 0 bridgehead atoms. The molecule has 1 fully saturated rings. The Morgan fingerprint density at radius 3 is 2.31 bits per heavy atom. The summed E-state index contributed by atoms with van der Waals surface area (Å²) in [5.41, 5.74) is 6.25. The lowest BCUT2D eigenvalue weighted by Crippen LogP contribution is -2.54. The number of benzene rings is 1. The zero-order valence-corrected chi connectivity index (χ0v) is 11.0. The molecule has 0 unspecified atom stereocenters. The quantitative estimate of drug-likeness (QED) is 0.775. The van der Waals surface area contributed by atoms with Crippen molar-refractivity contribution in [1.29, 1.82) is 0 Å². The van der Waals surface area contributed by atoms with E-state index in [9.17, 15) is 0 Å². The lowest BCUT2D eigenvalue weighted by molar-refractivity contribution is 0.209. The molecule has 7 heteroatoms. The van der Waals surface area contributed by atoms with E-state index in [2.05, 4.69) is 10.9 Å². The summed E-state index contributed by atoms with van der Waals surface area (Å²) < 4.78 is 9.65. The zero-order chi connectivity index (χ0) is 11.6. The number of hydrogen-bond acceptors (Lipinski definition) is 4. The summed E-state index contributed by atoms with van der Waals surface area (Å²) in [6, 6.07) is 9.63. The second-order valence-corrected chi connectivity index (χ2v) is 7.23. The van der Waals surface area contributed by atoms with Gasteiger partial charge >= 0.3 is 0 Å². The van der Waals surface area contributed by atoms with Gasteiger partial charge in [-0.25, -0.2) is 10.9 Å². The van der Waals surface area contributed by atoms with Crippen LogP contribution in [-0.2, 0) is 11.8 Å². The van der Waals surface area contributed by atoms with E-state index in [1.165, 1.54) is 0 Å². The van der Waals surface area contributed by atoms with Gasteiger partial charge in [0.25, 0.3) is 6.57 Å². The van der Waals surface area contributed by atoms with Crippen LogP contribution in [-0.4, -0.2) is 30.3 Å². The first-order valence-corrected chi connectivity index (χ1v) is 7.55. The third-order valence-corrected chi connectivity index (χ3v) is 6.28. The van der Waals surface area contributed by atoms with Crippen molar-refractivity contribution in [2.24, 2.45) is 0 Å². The Kier molecular flexibility index (Phi) is 3.59. The standard InChI is InChI=1S/C9H15N4OPS/c1-12-10-8-11-13(2)15(12,16)14-9-6-4-3-5-7-9/h3-7,10-11H,8H2,1-2H3. The van der Waals surface area contributed by atoms with Crippen LogP contribution < -0.4 is 15.4 Å². The highest BCUT2D eigenvalue weighted by molar-refractivity contribution is 8.10. The lowest BCUT2D eigenvalue weighted by atomic mass is 10.3. The van der Waals surface area contributed by atoms with E-state index in [1.807, 2.05) is 54.0 Å². The van der Waals surface area contributed by atoms with Crippen molar-refractivity contribution >= 4 is 18.4 Å². The van der Waals surface area contributed by atoms with Crippen molar-refractivity contribution in [2.75, 3.05) is 20.8 Å². The van der Waals surface area contributed by atoms with Gasteiger partial charge in [0.15, 0.2) is 0 Å². The van der Waals surface area contributed by atoms with E-state index >= 15 is 0 Å².